The smallest absolute Gasteiger partial charge is 0.404 e. The van der Waals surface area contributed by atoms with Crippen molar-refractivity contribution in [1.82, 2.24) is 15.0 Å². The Bertz CT molecular complexity index is 1360. The molecule has 0 aliphatic carbocycles. The molecule has 2 heterocycles. The number of allylic oxidation sites excluding steroid dienone is 1. The first kappa shape index (κ1) is 26.7. The van der Waals surface area contributed by atoms with E-state index in [-0.39, 0.29) is 22.8 Å². The van der Waals surface area contributed by atoms with Crippen LogP contribution in [-0.2, 0) is 6.18 Å². The van der Waals surface area contributed by atoms with Crippen molar-refractivity contribution in [3.8, 4) is 11.1 Å². The number of nitrogens with two attached hydrogens (primary N) is 2. The van der Waals surface area contributed by atoms with Crippen molar-refractivity contribution >= 4 is 40.0 Å². The minimum atomic E-state index is -4.72. The van der Waals surface area contributed by atoms with Gasteiger partial charge in [-0.15, -0.1) is 0 Å². The van der Waals surface area contributed by atoms with Gasteiger partial charge in [0.1, 0.15) is 18.0 Å². The molecule has 3 rings (SSSR count). The van der Waals surface area contributed by atoms with E-state index in [1.807, 2.05) is 0 Å². The number of nitrogens with one attached hydrogen (secondary N) is 2. The zero-order chi connectivity index (χ0) is 26.6. The summed E-state index contributed by atoms with van der Waals surface area (Å²) in [5.74, 6) is -3.58. The van der Waals surface area contributed by atoms with E-state index in [0.29, 0.717) is 33.7 Å². The second kappa shape index (κ2) is 10.8. The molecule has 1 unspecified atom stereocenters. The number of aromatic amines is 1. The van der Waals surface area contributed by atoms with Crippen molar-refractivity contribution in [3.63, 3.8) is 0 Å². The highest BCUT2D eigenvalue weighted by molar-refractivity contribution is 9.10. The lowest BCUT2D eigenvalue weighted by Gasteiger charge is -2.12. The summed E-state index contributed by atoms with van der Waals surface area (Å²) < 4.78 is 66.2. The number of hydrogen-bond donors (Lipinski definition) is 4. The predicted molar refractivity (Wildman–Crippen MR) is 129 cm³/mol. The number of alkyl halides is 3. The summed E-state index contributed by atoms with van der Waals surface area (Å²) >= 11 is 3.44. The van der Waals surface area contributed by atoms with Crippen LogP contribution in [0.25, 0.3) is 11.1 Å². The van der Waals surface area contributed by atoms with Gasteiger partial charge in [0.2, 0.25) is 5.82 Å². The number of nitrogens with zero attached hydrogens (tertiary/aromatic N) is 4. The fraction of sp³-hybridized carbons (Fsp3) is 0.136. The maximum atomic E-state index is 14.0. The van der Waals surface area contributed by atoms with Crippen molar-refractivity contribution < 1.29 is 22.0 Å². The van der Waals surface area contributed by atoms with Gasteiger partial charge < -0.3 is 16.5 Å². The molecule has 0 spiro atoms. The van der Waals surface area contributed by atoms with Gasteiger partial charge in [0.25, 0.3) is 0 Å². The summed E-state index contributed by atoms with van der Waals surface area (Å²) in [5, 5.41) is 7.20. The molecule has 2 aromatic heterocycles. The molecule has 1 atom stereocenters. The zero-order valence-electron chi connectivity index (χ0n) is 18.4. The summed E-state index contributed by atoms with van der Waals surface area (Å²) in [7, 11) is 0. The van der Waals surface area contributed by atoms with Gasteiger partial charge in [-0.3, -0.25) is 10.4 Å². The Labute approximate surface area is 209 Å². The molecule has 0 aliphatic heterocycles. The first-order valence-corrected chi connectivity index (χ1v) is 10.8. The van der Waals surface area contributed by atoms with E-state index in [4.69, 9.17) is 16.9 Å². The summed E-state index contributed by atoms with van der Waals surface area (Å²) in [6.07, 6.45) is 0.481. The third-order valence-corrected chi connectivity index (χ3v) is 5.83. The SMILES string of the molecule is CC(C(C=Nc1ccc(F)cc1F)=CN)c1[nH]c(C(N)=NC=N)c(-c2cnc(C(F)(F)F)nc2)c1Br. The lowest BCUT2D eigenvalue weighted by molar-refractivity contribution is -0.144. The van der Waals surface area contributed by atoms with Crippen molar-refractivity contribution in [3.05, 3.63) is 75.7 Å². The van der Waals surface area contributed by atoms with E-state index in [0.717, 1.165) is 18.5 Å². The van der Waals surface area contributed by atoms with Crippen molar-refractivity contribution in [2.45, 2.75) is 19.0 Å². The molecule has 0 aliphatic rings. The van der Waals surface area contributed by atoms with E-state index in [9.17, 15) is 22.0 Å². The van der Waals surface area contributed by atoms with Crippen LogP contribution in [0, 0.1) is 17.0 Å². The lowest BCUT2D eigenvalue weighted by atomic mass is 9.98. The van der Waals surface area contributed by atoms with E-state index in [1.165, 1.54) is 18.5 Å². The van der Waals surface area contributed by atoms with Crippen LogP contribution in [-0.4, -0.2) is 33.3 Å². The maximum Gasteiger partial charge on any atom is 0.451 e. The molecule has 0 fully saturated rings. The van der Waals surface area contributed by atoms with Gasteiger partial charge in [-0.05, 0) is 39.8 Å². The van der Waals surface area contributed by atoms with Crippen molar-refractivity contribution in [1.29, 1.82) is 5.41 Å². The second-order valence-corrected chi connectivity index (χ2v) is 8.07. The highest BCUT2D eigenvalue weighted by Crippen LogP contribution is 2.39. The average Bonchev–Trinajstić information content (AvgIpc) is 3.17. The Balaban J connectivity index is 2.07. The molecular formula is C22H18BrF5N8. The van der Waals surface area contributed by atoms with Crippen molar-refractivity contribution in [2.24, 2.45) is 21.5 Å². The number of aliphatic imine (C=N–C) groups is 2. The third-order valence-electron chi connectivity index (χ3n) is 5.01. The monoisotopic (exact) mass is 568 g/mol. The van der Waals surface area contributed by atoms with Crippen LogP contribution in [0.1, 0.15) is 30.1 Å². The first-order valence-electron chi connectivity index (χ1n) is 10.0. The number of H-pyrrole nitrogens is 1. The largest absolute Gasteiger partial charge is 0.451 e. The summed E-state index contributed by atoms with van der Waals surface area (Å²) in [5.41, 5.74) is 13.2. The molecular weight excluding hydrogens is 551 g/mol. The van der Waals surface area contributed by atoms with Crippen LogP contribution in [0.4, 0.5) is 27.6 Å². The number of amidine groups is 1. The number of rotatable bonds is 7. The van der Waals surface area contributed by atoms with Crippen LogP contribution < -0.4 is 11.5 Å². The summed E-state index contributed by atoms with van der Waals surface area (Å²) in [6.45, 7) is 1.73. The molecule has 188 valence electrons. The molecule has 0 amide bonds. The van der Waals surface area contributed by atoms with Gasteiger partial charge in [0, 0.05) is 51.9 Å². The van der Waals surface area contributed by atoms with E-state index >= 15 is 0 Å². The molecule has 14 heteroatoms. The van der Waals surface area contributed by atoms with Gasteiger partial charge >= 0.3 is 6.18 Å². The van der Waals surface area contributed by atoms with Crippen molar-refractivity contribution in [2.75, 3.05) is 0 Å². The standard InChI is InChI=1S/C22H18BrF5N8/c1-10(11(5-29)6-32-15-3-2-13(24)4-14(15)25)18-17(23)16(19(36-18)20(31)35-9-30)12-7-33-21(34-8-12)22(26,27)28/h2-10,36H,29H2,1H3,(H3,30,31,35). The molecule has 0 saturated carbocycles. The highest BCUT2D eigenvalue weighted by Gasteiger charge is 2.34. The Morgan fingerprint density at radius 2 is 1.89 bits per heavy atom. The van der Waals surface area contributed by atoms with Gasteiger partial charge in [-0.2, -0.15) is 13.2 Å². The van der Waals surface area contributed by atoms with Crippen LogP contribution in [0.3, 0.4) is 0 Å². The van der Waals surface area contributed by atoms with Gasteiger partial charge in [0.05, 0.1) is 11.4 Å². The number of aromatic nitrogens is 3. The minimum absolute atomic E-state index is 0.112. The highest BCUT2D eigenvalue weighted by atomic mass is 79.9. The molecule has 0 bridgehead atoms. The fourth-order valence-corrected chi connectivity index (χ4v) is 4.06. The second-order valence-electron chi connectivity index (χ2n) is 7.28. The average molecular weight is 569 g/mol. The quantitative estimate of drug-likeness (QED) is 0.176. The lowest BCUT2D eigenvalue weighted by Crippen LogP contribution is -2.16. The molecule has 0 saturated heterocycles. The van der Waals surface area contributed by atoms with Crippen LogP contribution in [0.5, 0.6) is 0 Å². The molecule has 8 nitrogen and oxygen atoms in total. The topological polar surface area (TPSA) is 142 Å². The number of hydrogen-bond acceptors (Lipinski definition) is 5. The van der Waals surface area contributed by atoms with Gasteiger partial charge in [-0.25, -0.2) is 23.7 Å². The number of halogens is 6. The van der Waals surface area contributed by atoms with Gasteiger partial charge in [-0.1, -0.05) is 6.92 Å². The predicted octanol–water partition coefficient (Wildman–Crippen LogP) is 5.19. The van der Waals surface area contributed by atoms with Gasteiger partial charge in [0.15, 0.2) is 5.82 Å². The first-order chi connectivity index (χ1) is 17.0. The molecule has 6 N–H and O–H groups in total. The fourth-order valence-electron chi connectivity index (χ4n) is 3.19. The molecule has 0 radical (unpaired) electrons. The normalized spacial score (nSPS) is 13.9. The van der Waals surface area contributed by atoms with Crippen LogP contribution in [0.2, 0.25) is 0 Å². The summed E-state index contributed by atoms with van der Waals surface area (Å²) in [4.78, 5) is 17.6. The molecule has 1 aromatic carbocycles. The maximum absolute atomic E-state index is 14.0. The Morgan fingerprint density at radius 1 is 1.22 bits per heavy atom. The Morgan fingerprint density at radius 3 is 2.44 bits per heavy atom. The Hall–Kier alpha value is -3.94. The van der Waals surface area contributed by atoms with Crippen LogP contribution >= 0.6 is 15.9 Å². The zero-order valence-corrected chi connectivity index (χ0v) is 20.0. The Kier molecular flexibility index (Phi) is 7.97. The van der Waals surface area contributed by atoms with E-state index < -0.39 is 29.6 Å². The summed E-state index contributed by atoms with van der Waals surface area (Å²) in [6, 6.07) is 2.92. The molecule has 3 aromatic rings. The minimum Gasteiger partial charge on any atom is -0.404 e. The number of benzene rings is 1. The van der Waals surface area contributed by atoms with E-state index in [1.54, 1.807) is 6.92 Å². The molecule has 36 heavy (non-hydrogen) atoms. The third kappa shape index (κ3) is 5.64. The van der Waals surface area contributed by atoms with Crippen LogP contribution in [0.15, 0.2) is 56.8 Å². The van der Waals surface area contributed by atoms with E-state index in [2.05, 4.69) is 40.9 Å².